The zero-order valence-corrected chi connectivity index (χ0v) is 12.1. The molecule has 1 aliphatic rings. The largest absolute Gasteiger partial charge is 0.489 e. The number of hydrogen-bond acceptors (Lipinski definition) is 4. The molecule has 1 aromatic heterocycles. The van der Waals surface area contributed by atoms with Crippen molar-refractivity contribution >= 4 is 0 Å². The van der Waals surface area contributed by atoms with Gasteiger partial charge in [0.1, 0.15) is 12.4 Å². The van der Waals surface area contributed by atoms with Gasteiger partial charge in [-0.3, -0.25) is 0 Å². The number of aromatic nitrogens is 1. The van der Waals surface area contributed by atoms with Gasteiger partial charge in [0, 0.05) is 6.20 Å². The number of pyridine rings is 1. The van der Waals surface area contributed by atoms with Crippen molar-refractivity contribution in [1.82, 2.24) is 4.98 Å². The fourth-order valence-electron chi connectivity index (χ4n) is 2.72. The molecule has 4 heteroatoms. The summed E-state index contributed by atoms with van der Waals surface area (Å²) in [6.07, 6.45) is 4.22. The number of fused-ring (bicyclic) bond motifs is 1. The van der Waals surface area contributed by atoms with Crippen molar-refractivity contribution in [2.75, 3.05) is 7.11 Å². The van der Waals surface area contributed by atoms with E-state index in [1.807, 2.05) is 30.3 Å². The first-order valence-corrected chi connectivity index (χ1v) is 7.19. The molecule has 0 unspecified atom stereocenters. The van der Waals surface area contributed by atoms with E-state index >= 15 is 0 Å². The van der Waals surface area contributed by atoms with Crippen LogP contribution in [0, 0.1) is 0 Å². The molecule has 3 rings (SSSR count). The van der Waals surface area contributed by atoms with E-state index in [0.29, 0.717) is 12.5 Å². The minimum Gasteiger partial charge on any atom is -0.489 e. The SMILES string of the molecule is COc1ncccc1COc1ccc2c(c1)[C@H](O)CCC2. The highest BCUT2D eigenvalue weighted by Crippen LogP contribution is 2.32. The van der Waals surface area contributed by atoms with Crippen molar-refractivity contribution < 1.29 is 14.6 Å². The van der Waals surface area contributed by atoms with E-state index in [4.69, 9.17) is 9.47 Å². The van der Waals surface area contributed by atoms with E-state index in [-0.39, 0.29) is 6.10 Å². The van der Waals surface area contributed by atoms with Crippen LogP contribution in [0.1, 0.15) is 35.6 Å². The Morgan fingerprint density at radius 3 is 3.10 bits per heavy atom. The molecule has 0 saturated heterocycles. The Labute approximate surface area is 124 Å². The molecule has 1 N–H and O–H groups in total. The maximum atomic E-state index is 10.1. The smallest absolute Gasteiger partial charge is 0.219 e. The van der Waals surface area contributed by atoms with Crippen LogP contribution in [0.2, 0.25) is 0 Å². The third kappa shape index (κ3) is 3.00. The first-order chi connectivity index (χ1) is 10.3. The lowest BCUT2D eigenvalue weighted by molar-refractivity contribution is 0.156. The van der Waals surface area contributed by atoms with Crippen LogP contribution in [-0.2, 0) is 13.0 Å². The molecule has 1 aromatic carbocycles. The van der Waals surface area contributed by atoms with Crippen LogP contribution >= 0.6 is 0 Å². The predicted molar refractivity (Wildman–Crippen MR) is 79.5 cm³/mol. The second kappa shape index (κ2) is 6.14. The Hall–Kier alpha value is -2.07. The number of benzene rings is 1. The first-order valence-electron chi connectivity index (χ1n) is 7.19. The van der Waals surface area contributed by atoms with Crippen LogP contribution < -0.4 is 9.47 Å². The Balaban J connectivity index is 1.75. The summed E-state index contributed by atoms with van der Waals surface area (Å²) in [5.74, 6) is 1.34. The van der Waals surface area contributed by atoms with Gasteiger partial charge in [-0.15, -0.1) is 0 Å². The summed E-state index contributed by atoms with van der Waals surface area (Å²) in [5.41, 5.74) is 3.12. The summed E-state index contributed by atoms with van der Waals surface area (Å²) in [4.78, 5) is 4.15. The van der Waals surface area contributed by atoms with Crippen LogP contribution in [0.25, 0.3) is 0 Å². The van der Waals surface area contributed by atoms with Crippen LogP contribution in [0.4, 0.5) is 0 Å². The highest BCUT2D eigenvalue weighted by Gasteiger charge is 2.18. The van der Waals surface area contributed by atoms with E-state index in [0.717, 1.165) is 36.1 Å². The van der Waals surface area contributed by atoms with Crippen molar-refractivity contribution in [2.45, 2.75) is 32.0 Å². The van der Waals surface area contributed by atoms with Crippen LogP contribution in [0.15, 0.2) is 36.5 Å². The second-order valence-corrected chi connectivity index (χ2v) is 5.23. The maximum absolute atomic E-state index is 10.1. The molecule has 0 spiro atoms. The molecular weight excluding hydrogens is 266 g/mol. The molecule has 1 atom stereocenters. The lowest BCUT2D eigenvalue weighted by Gasteiger charge is -2.22. The Bertz CT molecular complexity index is 627. The summed E-state index contributed by atoms with van der Waals surface area (Å²) in [6.45, 7) is 0.395. The standard InChI is InChI=1S/C17H19NO3/c1-20-17-13(5-3-9-18-17)11-21-14-8-7-12-4-2-6-16(19)15(12)10-14/h3,5,7-10,16,19H,2,4,6,11H2,1H3/t16-/m1/s1. The van der Waals surface area contributed by atoms with Gasteiger partial charge in [0.2, 0.25) is 5.88 Å². The first kappa shape index (κ1) is 13.9. The summed E-state index contributed by atoms with van der Waals surface area (Å²) >= 11 is 0. The van der Waals surface area contributed by atoms with E-state index in [1.54, 1.807) is 13.3 Å². The molecule has 1 heterocycles. The zero-order chi connectivity index (χ0) is 14.7. The van der Waals surface area contributed by atoms with E-state index in [9.17, 15) is 5.11 Å². The number of aliphatic hydroxyl groups is 1. The van der Waals surface area contributed by atoms with Crippen molar-refractivity contribution in [3.63, 3.8) is 0 Å². The maximum Gasteiger partial charge on any atom is 0.219 e. The van der Waals surface area contributed by atoms with Crippen molar-refractivity contribution in [3.05, 3.63) is 53.2 Å². The molecule has 0 aliphatic heterocycles. The molecule has 0 radical (unpaired) electrons. The van der Waals surface area contributed by atoms with E-state index in [1.165, 1.54) is 5.56 Å². The van der Waals surface area contributed by atoms with Gasteiger partial charge in [-0.1, -0.05) is 6.07 Å². The molecule has 2 aromatic rings. The lowest BCUT2D eigenvalue weighted by atomic mass is 9.89. The molecule has 0 bridgehead atoms. The minimum absolute atomic E-state index is 0.370. The molecule has 0 fully saturated rings. The highest BCUT2D eigenvalue weighted by atomic mass is 16.5. The topological polar surface area (TPSA) is 51.6 Å². The van der Waals surface area contributed by atoms with E-state index < -0.39 is 0 Å². The molecule has 4 nitrogen and oxygen atoms in total. The molecule has 0 amide bonds. The monoisotopic (exact) mass is 285 g/mol. The Morgan fingerprint density at radius 2 is 2.24 bits per heavy atom. The zero-order valence-electron chi connectivity index (χ0n) is 12.1. The van der Waals surface area contributed by atoms with Crippen LogP contribution in [-0.4, -0.2) is 17.2 Å². The number of aryl methyl sites for hydroxylation is 1. The van der Waals surface area contributed by atoms with Gasteiger partial charge in [-0.2, -0.15) is 0 Å². The van der Waals surface area contributed by atoms with Crippen molar-refractivity contribution in [3.8, 4) is 11.6 Å². The van der Waals surface area contributed by atoms with Gasteiger partial charge in [-0.05, 0) is 54.7 Å². The van der Waals surface area contributed by atoms with Gasteiger partial charge < -0.3 is 14.6 Å². The number of aliphatic hydroxyl groups excluding tert-OH is 1. The molecule has 110 valence electrons. The van der Waals surface area contributed by atoms with E-state index in [2.05, 4.69) is 4.98 Å². The fourth-order valence-corrected chi connectivity index (χ4v) is 2.72. The highest BCUT2D eigenvalue weighted by molar-refractivity contribution is 5.38. The summed E-state index contributed by atoms with van der Waals surface area (Å²) in [7, 11) is 1.60. The quantitative estimate of drug-likeness (QED) is 0.938. The third-order valence-electron chi connectivity index (χ3n) is 3.84. The minimum atomic E-state index is -0.370. The number of ether oxygens (including phenoxy) is 2. The van der Waals surface area contributed by atoms with Crippen molar-refractivity contribution in [2.24, 2.45) is 0 Å². The number of methoxy groups -OCH3 is 1. The third-order valence-corrected chi connectivity index (χ3v) is 3.84. The second-order valence-electron chi connectivity index (χ2n) is 5.23. The lowest BCUT2D eigenvalue weighted by Crippen LogP contribution is -2.09. The van der Waals surface area contributed by atoms with Gasteiger partial charge in [0.25, 0.3) is 0 Å². The fraction of sp³-hybridized carbons (Fsp3) is 0.353. The Kier molecular flexibility index (Phi) is 4.06. The average molecular weight is 285 g/mol. The van der Waals surface area contributed by atoms with Gasteiger partial charge in [0.05, 0.1) is 18.8 Å². The van der Waals surface area contributed by atoms with Crippen LogP contribution in [0.3, 0.4) is 0 Å². The van der Waals surface area contributed by atoms with Crippen LogP contribution in [0.5, 0.6) is 11.6 Å². The molecule has 0 saturated carbocycles. The van der Waals surface area contributed by atoms with Gasteiger partial charge >= 0.3 is 0 Å². The number of nitrogens with zero attached hydrogens (tertiary/aromatic N) is 1. The number of rotatable bonds is 4. The van der Waals surface area contributed by atoms with Gasteiger partial charge in [0.15, 0.2) is 0 Å². The van der Waals surface area contributed by atoms with Crippen molar-refractivity contribution in [1.29, 1.82) is 0 Å². The normalized spacial score (nSPS) is 17.1. The summed E-state index contributed by atoms with van der Waals surface area (Å²) in [5, 5.41) is 10.1. The summed E-state index contributed by atoms with van der Waals surface area (Å²) < 4.78 is 11.0. The average Bonchev–Trinajstić information content (AvgIpc) is 2.54. The summed E-state index contributed by atoms with van der Waals surface area (Å²) in [6, 6.07) is 9.74. The predicted octanol–water partition coefficient (Wildman–Crippen LogP) is 3.04. The molecule has 1 aliphatic carbocycles. The molecule has 21 heavy (non-hydrogen) atoms. The Morgan fingerprint density at radius 1 is 1.33 bits per heavy atom. The number of hydrogen-bond donors (Lipinski definition) is 1. The van der Waals surface area contributed by atoms with Gasteiger partial charge in [-0.25, -0.2) is 4.98 Å². The molecular formula is C17H19NO3.